The molecular formula is C24H32N2O4. The van der Waals surface area contributed by atoms with Gasteiger partial charge in [0.05, 0.1) is 13.2 Å². The lowest BCUT2D eigenvalue weighted by atomic mass is 9.96. The fourth-order valence-electron chi connectivity index (χ4n) is 4.38. The summed E-state index contributed by atoms with van der Waals surface area (Å²) in [5.41, 5.74) is 2.55. The molecule has 0 radical (unpaired) electrons. The van der Waals surface area contributed by atoms with Crippen molar-refractivity contribution >= 4 is 0 Å². The van der Waals surface area contributed by atoms with Crippen molar-refractivity contribution in [1.82, 2.24) is 9.80 Å². The van der Waals surface area contributed by atoms with Crippen molar-refractivity contribution < 1.29 is 14.3 Å². The van der Waals surface area contributed by atoms with E-state index in [9.17, 15) is 9.90 Å². The summed E-state index contributed by atoms with van der Waals surface area (Å²) in [6, 6.07) is 9.97. The highest BCUT2D eigenvalue weighted by Gasteiger charge is 2.26. The quantitative estimate of drug-likeness (QED) is 0.753. The van der Waals surface area contributed by atoms with Gasteiger partial charge in [-0.15, -0.1) is 0 Å². The highest BCUT2D eigenvalue weighted by atomic mass is 16.5. The first kappa shape index (κ1) is 21.1. The number of rotatable bonds is 7. The molecular weight excluding hydrogens is 380 g/mol. The fourth-order valence-corrected chi connectivity index (χ4v) is 4.38. The van der Waals surface area contributed by atoms with Crippen LogP contribution in [0.4, 0.5) is 0 Å². The van der Waals surface area contributed by atoms with Crippen LogP contribution in [0.5, 0.6) is 5.75 Å². The molecule has 162 valence electrons. The first-order chi connectivity index (χ1) is 14.5. The minimum absolute atomic E-state index is 0.124. The van der Waals surface area contributed by atoms with Crippen molar-refractivity contribution in [2.45, 2.75) is 52.6 Å². The lowest BCUT2D eigenvalue weighted by Gasteiger charge is -2.36. The van der Waals surface area contributed by atoms with Gasteiger partial charge >= 0.3 is 0 Å². The molecule has 1 saturated heterocycles. The van der Waals surface area contributed by atoms with E-state index in [0.717, 1.165) is 39.0 Å². The Labute approximate surface area is 178 Å². The predicted molar refractivity (Wildman–Crippen MR) is 115 cm³/mol. The fraction of sp³-hybridized carbons (Fsp3) is 0.542. The van der Waals surface area contributed by atoms with Crippen molar-refractivity contribution in [3.63, 3.8) is 0 Å². The third-order valence-corrected chi connectivity index (χ3v) is 6.23. The van der Waals surface area contributed by atoms with Gasteiger partial charge in [0.15, 0.2) is 0 Å². The number of hydrogen-bond donors (Lipinski definition) is 1. The number of ether oxygens (including phenoxy) is 1. The van der Waals surface area contributed by atoms with Crippen LogP contribution in [0.25, 0.3) is 0 Å². The Bertz CT molecular complexity index is 877. The van der Waals surface area contributed by atoms with Crippen LogP contribution in [0.2, 0.25) is 0 Å². The summed E-state index contributed by atoms with van der Waals surface area (Å²) in [6.07, 6.45) is 3.00. The molecule has 1 atom stereocenters. The largest absolute Gasteiger partial charge is 0.486 e. The Morgan fingerprint density at radius 1 is 1.17 bits per heavy atom. The van der Waals surface area contributed by atoms with Gasteiger partial charge in [0.25, 0.3) is 0 Å². The molecule has 2 aliphatic heterocycles. The summed E-state index contributed by atoms with van der Waals surface area (Å²) in [5.74, 6) is 1.57. The topological polar surface area (TPSA) is 66.2 Å². The van der Waals surface area contributed by atoms with Gasteiger partial charge in [0.2, 0.25) is 11.2 Å². The lowest BCUT2D eigenvalue weighted by Crippen LogP contribution is -2.44. The van der Waals surface area contributed by atoms with Gasteiger partial charge in [-0.2, -0.15) is 0 Å². The van der Waals surface area contributed by atoms with Crippen molar-refractivity contribution in [2.24, 2.45) is 11.8 Å². The van der Waals surface area contributed by atoms with Gasteiger partial charge in [-0.25, -0.2) is 0 Å². The van der Waals surface area contributed by atoms with Crippen molar-refractivity contribution in [3.05, 3.63) is 63.7 Å². The SMILES string of the molecule is CC(C)C(O)N1CCC(COc2coc(CN3Cc4ccccc4C3)cc2=O)CC1. The number of piperidine rings is 1. The monoisotopic (exact) mass is 412 g/mol. The number of aliphatic hydroxyl groups excluding tert-OH is 1. The van der Waals surface area contributed by atoms with E-state index in [4.69, 9.17) is 9.15 Å². The number of benzene rings is 1. The number of aliphatic hydroxyl groups is 1. The Balaban J connectivity index is 1.26. The maximum atomic E-state index is 12.5. The lowest BCUT2D eigenvalue weighted by molar-refractivity contribution is -0.0490. The van der Waals surface area contributed by atoms with Crippen LogP contribution >= 0.6 is 0 Å². The summed E-state index contributed by atoms with van der Waals surface area (Å²) in [4.78, 5) is 16.9. The maximum Gasteiger partial charge on any atom is 0.227 e. The second kappa shape index (κ2) is 9.33. The molecule has 2 aliphatic rings. The van der Waals surface area contributed by atoms with E-state index in [-0.39, 0.29) is 23.3 Å². The Kier molecular flexibility index (Phi) is 6.56. The molecule has 0 saturated carbocycles. The zero-order valence-electron chi connectivity index (χ0n) is 17.9. The third-order valence-electron chi connectivity index (χ3n) is 6.23. The smallest absolute Gasteiger partial charge is 0.227 e. The van der Waals surface area contributed by atoms with E-state index in [0.29, 0.717) is 24.8 Å². The molecule has 1 unspecified atom stereocenters. The van der Waals surface area contributed by atoms with Crippen molar-refractivity contribution in [2.75, 3.05) is 19.7 Å². The Hall–Kier alpha value is -2.15. The summed E-state index contributed by atoms with van der Waals surface area (Å²) in [7, 11) is 0. The van der Waals surface area contributed by atoms with Gasteiger partial charge in [0, 0.05) is 32.2 Å². The van der Waals surface area contributed by atoms with Crippen LogP contribution in [0.3, 0.4) is 0 Å². The van der Waals surface area contributed by atoms with Crippen LogP contribution in [-0.4, -0.2) is 40.8 Å². The first-order valence-corrected chi connectivity index (χ1v) is 11.0. The number of hydrogen-bond acceptors (Lipinski definition) is 6. The summed E-state index contributed by atoms with van der Waals surface area (Å²) in [6.45, 7) is 8.66. The highest BCUT2D eigenvalue weighted by Crippen LogP contribution is 2.24. The number of likely N-dealkylation sites (tertiary alicyclic amines) is 1. The molecule has 0 amide bonds. The molecule has 6 heteroatoms. The molecule has 1 aromatic heterocycles. The molecule has 2 aromatic rings. The predicted octanol–water partition coefficient (Wildman–Crippen LogP) is 3.22. The first-order valence-electron chi connectivity index (χ1n) is 11.0. The highest BCUT2D eigenvalue weighted by molar-refractivity contribution is 5.30. The molecule has 4 rings (SSSR count). The normalized spacial score (nSPS) is 19.2. The van der Waals surface area contributed by atoms with Gasteiger partial charge in [-0.1, -0.05) is 38.1 Å². The standard InChI is InChI=1S/C24H32N2O4/c1-17(2)24(28)26-9-7-18(8-10-26)15-30-23-16-29-21(11-22(23)27)14-25-12-19-5-3-4-6-20(19)13-25/h3-6,11,16-18,24,28H,7-10,12-15H2,1-2H3. The summed E-state index contributed by atoms with van der Waals surface area (Å²) >= 11 is 0. The van der Waals surface area contributed by atoms with Gasteiger partial charge in [-0.05, 0) is 35.8 Å². The average Bonchev–Trinajstić information content (AvgIpc) is 3.15. The van der Waals surface area contributed by atoms with Gasteiger partial charge in [-0.3, -0.25) is 14.6 Å². The van der Waals surface area contributed by atoms with Crippen molar-refractivity contribution in [1.29, 1.82) is 0 Å². The van der Waals surface area contributed by atoms with E-state index in [2.05, 4.69) is 34.1 Å². The summed E-state index contributed by atoms with van der Waals surface area (Å²) < 4.78 is 11.5. The third kappa shape index (κ3) is 4.94. The zero-order valence-corrected chi connectivity index (χ0v) is 17.9. The van der Waals surface area contributed by atoms with Gasteiger partial charge < -0.3 is 14.3 Å². The maximum absolute atomic E-state index is 12.5. The summed E-state index contributed by atoms with van der Waals surface area (Å²) in [5, 5.41) is 10.2. The molecule has 6 nitrogen and oxygen atoms in total. The second-order valence-electron chi connectivity index (χ2n) is 8.94. The molecule has 1 aromatic carbocycles. The molecule has 1 fully saturated rings. The van der Waals surface area contributed by atoms with Crippen LogP contribution in [0, 0.1) is 11.8 Å². The van der Waals surface area contributed by atoms with E-state index in [1.165, 1.54) is 17.4 Å². The minimum Gasteiger partial charge on any atom is -0.486 e. The molecule has 0 aliphatic carbocycles. The Morgan fingerprint density at radius 2 is 1.83 bits per heavy atom. The molecule has 30 heavy (non-hydrogen) atoms. The van der Waals surface area contributed by atoms with E-state index >= 15 is 0 Å². The molecule has 3 heterocycles. The zero-order chi connectivity index (χ0) is 21.1. The average molecular weight is 413 g/mol. The van der Waals surface area contributed by atoms with Crippen LogP contribution in [-0.2, 0) is 19.6 Å². The number of nitrogens with zero attached hydrogens (tertiary/aromatic N) is 2. The van der Waals surface area contributed by atoms with Crippen LogP contribution in [0.1, 0.15) is 43.6 Å². The molecule has 1 N–H and O–H groups in total. The van der Waals surface area contributed by atoms with Gasteiger partial charge in [0.1, 0.15) is 18.3 Å². The Morgan fingerprint density at radius 3 is 2.43 bits per heavy atom. The molecule has 0 spiro atoms. The second-order valence-corrected chi connectivity index (χ2v) is 8.94. The number of fused-ring (bicyclic) bond motifs is 1. The van der Waals surface area contributed by atoms with Crippen LogP contribution < -0.4 is 10.2 Å². The van der Waals surface area contributed by atoms with E-state index in [1.807, 2.05) is 13.8 Å². The van der Waals surface area contributed by atoms with Crippen molar-refractivity contribution in [3.8, 4) is 5.75 Å². The minimum atomic E-state index is -0.380. The molecule has 0 bridgehead atoms. The van der Waals surface area contributed by atoms with E-state index < -0.39 is 0 Å². The van der Waals surface area contributed by atoms with Crippen LogP contribution in [0.15, 0.2) is 45.8 Å². The van der Waals surface area contributed by atoms with E-state index in [1.54, 1.807) is 6.07 Å².